The van der Waals surface area contributed by atoms with Crippen LogP contribution in [0.1, 0.15) is 27.7 Å². The van der Waals surface area contributed by atoms with E-state index in [4.69, 9.17) is 5.26 Å². The first-order valence-corrected chi connectivity index (χ1v) is 10.1. The third-order valence-corrected chi connectivity index (χ3v) is 10.5. The van der Waals surface area contributed by atoms with Crippen LogP contribution < -0.4 is 0 Å². The molecule has 0 aromatic carbocycles. The van der Waals surface area contributed by atoms with Crippen molar-refractivity contribution in [3.63, 3.8) is 0 Å². The van der Waals surface area contributed by atoms with Crippen LogP contribution in [0.15, 0.2) is 0 Å². The van der Waals surface area contributed by atoms with Gasteiger partial charge in [0.2, 0.25) is 0 Å². The first kappa shape index (κ1) is 15.7. The van der Waals surface area contributed by atoms with Gasteiger partial charge >= 0.3 is 0 Å². The number of hydrogen-bond donors (Lipinski definition) is 0. The van der Waals surface area contributed by atoms with Crippen LogP contribution in [0.4, 0.5) is 0 Å². The summed E-state index contributed by atoms with van der Waals surface area (Å²) in [6, 6.07) is 6.49. The van der Waals surface area contributed by atoms with Crippen LogP contribution in [0.3, 0.4) is 0 Å². The second-order valence-corrected chi connectivity index (χ2v) is 10.8. The Labute approximate surface area is 114 Å². The molecule has 1 aliphatic rings. The van der Waals surface area contributed by atoms with Crippen molar-refractivity contribution in [2.45, 2.75) is 45.8 Å². The Morgan fingerprint density at radius 3 is 1.94 bits per heavy atom. The van der Waals surface area contributed by atoms with E-state index in [1.807, 2.05) is 6.92 Å². The molecule has 1 aliphatic heterocycles. The van der Waals surface area contributed by atoms with Gasteiger partial charge in [0.1, 0.15) is 8.24 Å². The summed E-state index contributed by atoms with van der Waals surface area (Å²) in [4.78, 5) is 2.46. The van der Waals surface area contributed by atoms with Gasteiger partial charge in [-0.25, -0.2) is 0 Å². The number of hydrogen-bond acceptors (Lipinski definition) is 3. The van der Waals surface area contributed by atoms with Gasteiger partial charge in [-0.05, 0) is 25.1 Å². The van der Waals surface area contributed by atoms with Crippen LogP contribution in [0.2, 0.25) is 18.1 Å². The van der Waals surface area contributed by atoms with E-state index in [-0.39, 0.29) is 5.92 Å². The monoisotopic (exact) mass is 267 g/mol. The molecule has 0 aliphatic carbocycles. The Morgan fingerprint density at radius 2 is 1.56 bits per heavy atom. The van der Waals surface area contributed by atoms with Crippen LogP contribution in [0.25, 0.3) is 0 Å². The van der Waals surface area contributed by atoms with Crippen molar-refractivity contribution in [1.29, 1.82) is 5.26 Å². The first-order valence-electron chi connectivity index (χ1n) is 7.48. The molecule has 0 N–H and O–H groups in total. The molecule has 4 heteroatoms. The molecule has 0 radical (unpaired) electrons. The van der Waals surface area contributed by atoms with Crippen LogP contribution in [0.5, 0.6) is 0 Å². The average Bonchev–Trinajstić information content (AvgIpc) is 2.43. The van der Waals surface area contributed by atoms with Gasteiger partial charge in [-0.3, -0.25) is 4.90 Å². The first-order chi connectivity index (χ1) is 8.61. The van der Waals surface area contributed by atoms with E-state index in [0.717, 1.165) is 19.6 Å². The van der Waals surface area contributed by atoms with Gasteiger partial charge in [0.05, 0.1) is 12.0 Å². The van der Waals surface area contributed by atoms with Gasteiger partial charge in [-0.1, -0.05) is 20.8 Å². The van der Waals surface area contributed by atoms with E-state index in [2.05, 4.69) is 36.3 Å². The highest BCUT2D eigenvalue weighted by atomic mass is 28.3. The quantitative estimate of drug-likeness (QED) is 0.693. The van der Waals surface area contributed by atoms with Gasteiger partial charge in [0.25, 0.3) is 0 Å². The topological polar surface area (TPSA) is 30.3 Å². The lowest BCUT2D eigenvalue weighted by Gasteiger charge is -2.46. The minimum atomic E-state index is -1.15. The van der Waals surface area contributed by atoms with E-state index < -0.39 is 8.24 Å². The summed E-state index contributed by atoms with van der Waals surface area (Å²) >= 11 is 0. The minimum Gasteiger partial charge on any atom is -0.321 e. The van der Waals surface area contributed by atoms with E-state index in [9.17, 15) is 0 Å². The molecule has 0 amide bonds. The smallest absolute Gasteiger partial charge is 0.127 e. The minimum absolute atomic E-state index is 0.169. The number of nitrogens with zero attached hydrogens (tertiary/aromatic N) is 3. The standard InChI is InChI=1S/C14H29N3Si/c1-5-18(6-2,7-3)17-10-8-16(9-11-17)13-14(4)12-15/h14H,5-11,13H2,1-4H3. The molecule has 1 atom stereocenters. The molecule has 0 aromatic heterocycles. The fourth-order valence-electron chi connectivity index (χ4n) is 3.25. The summed E-state index contributed by atoms with van der Waals surface area (Å²) in [6.07, 6.45) is 0. The SMILES string of the molecule is CC[Si](CC)(CC)N1CCN(CC(C)C#N)CC1. The lowest BCUT2D eigenvalue weighted by Crippen LogP contribution is -2.59. The Balaban J connectivity index is 2.50. The van der Waals surface area contributed by atoms with E-state index in [1.165, 1.54) is 31.2 Å². The highest BCUT2D eigenvalue weighted by molar-refractivity contribution is 6.77. The van der Waals surface area contributed by atoms with Crippen molar-refractivity contribution in [2.75, 3.05) is 32.7 Å². The molecular formula is C14H29N3Si. The summed E-state index contributed by atoms with van der Waals surface area (Å²) in [6.45, 7) is 14.9. The number of piperazine rings is 1. The molecule has 0 spiro atoms. The molecule has 1 fully saturated rings. The van der Waals surface area contributed by atoms with Gasteiger partial charge in [0, 0.05) is 32.7 Å². The second kappa shape index (κ2) is 7.27. The summed E-state index contributed by atoms with van der Waals surface area (Å²) in [7, 11) is -1.15. The Bertz CT molecular complexity index is 267. The second-order valence-electron chi connectivity index (χ2n) is 5.60. The molecule has 1 saturated heterocycles. The van der Waals surface area contributed by atoms with Gasteiger partial charge in [-0.15, -0.1) is 0 Å². The Kier molecular flexibility index (Phi) is 6.34. The van der Waals surface area contributed by atoms with E-state index >= 15 is 0 Å². The summed E-state index contributed by atoms with van der Waals surface area (Å²) in [5.41, 5.74) is 0. The van der Waals surface area contributed by atoms with Crippen LogP contribution in [-0.4, -0.2) is 50.4 Å². The molecule has 1 unspecified atom stereocenters. The van der Waals surface area contributed by atoms with Crippen molar-refractivity contribution in [3.05, 3.63) is 0 Å². The number of rotatable bonds is 6. The van der Waals surface area contributed by atoms with Crippen LogP contribution in [0, 0.1) is 17.2 Å². The highest BCUT2D eigenvalue weighted by Crippen LogP contribution is 2.26. The molecule has 3 nitrogen and oxygen atoms in total. The zero-order valence-electron chi connectivity index (χ0n) is 12.6. The molecule has 1 heterocycles. The molecule has 18 heavy (non-hydrogen) atoms. The van der Waals surface area contributed by atoms with Crippen LogP contribution >= 0.6 is 0 Å². The van der Waals surface area contributed by atoms with Crippen molar-refractivity contribution in [1.82, 2.24) is 9.47 Å². The maximum absolute atomic E-state index is 8.88. The van der Waals surface area contributed by atoms with E-state index in [0.29, 0.717) is 0 Å². The molecule has 0 saturated carbocycles. The largest absolute Gasteiger partial charge is 0.321 e. The van der Waals surface area contributed by atoms with E-state index in [1.54, 1.807) is 0 Å². The Morgan fingerprint density at radius 1 is 1.06 bits per heavy atom. The molecule has 0 aromatic rings. The van der Waals surface area contributed by atoms with Gasteiger partial charge < -0.3 is 4.57 Å². The van der Waals surface area contributed by atoms with Crippen LogP contribution in [-0.2, 0) is 0 Å². The zero-order valence-corrected chi connectivity index (χ0v) is 13.6. The average molecular weight is 267 g/mol. The third kappa shape index (κ3) is 3.56. The molecular weight excluding hydrogens is 238 g/mol. The molecule has 104 valence electrons. The lowest BCUT2D eigenvalue weighted by molar-refractivity contribution is 0.172. The maximum Gasteiger partial charge on any atom is 0.127 e. The van der Waals surface area contributed by atoms with Crippen molar-refractivity contribution in [2.24, 2.45) is 5.92 Å². The van der Waals surface area contributed by atoms with Crippen molar-refractivity contribution >= 4 is 8.24 Å². The normalized spacial score (nSPS) is 20.6. The summed E-state index contributed by atoms with van der Waals surface area (Å²) < 4.78 is 2.82. The van der Waals surface area contributed by atoms with Gasteiger partial charge in [-0.2, -0.15) is 5.26 Å². The Hall–Kier alpha value is -0.373. The fourth-order valence-corrected chi connectivity index (χ4v) is 7.24. The summed E-state index contributed by atoms with van der Waals surface area (Å²) in [5, 5.41) is 8.88. The summed E-state index contributed by atoms with van der Waals surface area (Å²) in [5.74, 6) is 0.169. The maximum atomic E-state index is 8.88. The predicted octanol–water partition coefficient (Wildman–Crippen LogP) is 2.77. The molecule has 0 bridgehead atoms. The molecule has 1 rings (SSSR count). The predicted molar refractivity (Wildman–Crippen MR) is 80.0 cm³/mol. The number of nitriles is 1. The zero-order chi connectivity index (χ0) is 13.6. The third-order valence-electron chi connectivity index (χ3n) is 4.77. The van der Waals surface area contributed by atoms with Crippen molar-refractivity contribution < 1.29 is 0 Å². The highest BCUT2D eigenvalue weighted by Gasteiger charge is 2.36. The van der Waals surface area contributed by atoms with Crippen molar-refractivity contribution in [3.8, 4) is 6.07 Å². The van der Waals surface area contributed by atoms with Gasteiger partial charge in [0.15, 0.2) is 0 Å². The fraction of sp³-hybridized carbons (Fsp3) is 0.929. The lowest BCUT2D eigenvalue weighted by atomic mass is 10.2.